The maximum Gasteiger partial charge on any atom is 0.332 e. The zero-order valence-corrected chi connectivity index (χ0v) is 16.9. The molecule has 0 aliphatic rings. The Bertz CT molecular complexity index is 1450. The van der Waals surface area contributed by atoms with Crippen LogP contribution in [-0.2, 0) is 48.7 Å². The standard InChI is InChI=1S/C17H20N8O4/c1-20-8(18-12-10(20)14(26)24(5)16(28)22(12)3)7-9-19-13-11(21(9)2)15(27)25(6)17(29)23(13)4/h7H2,1-6H3. The normalized spacial score (nSPS) is 11.8. The highest BCUT2D eigenvalue weighted by Gasteiger charge is 2.21. The van der Waals surface area contributed by atoms with Crippen molar-refractivity contribution in [2.75, 3.05) is 0 Å². The van der Waals surface area contributed by atoms with Crippen LogP contribution in [0.2, 0.25) is 0 Å². The van der Waals surface area contributed by atoms with E-state index in [0.717, 1.165) is 9.13 Å². The van der Waals surface area contributed by atoms with E-state index in [4.69, 9.17) is 0 Å². The van der Waals surface area contributed by atoms with Gasteiger partial charge in [-0.15, -0.1) is 0 Å². The number of imidazole rings is 2. The summed E-state index contributed by atoms with van der Waals surface area (Å²) in [6.07, 6.45) is 0.199. The van der Waals surface area contributed by atoms with E-state index in [1.807, 2.05) is 0 Å². The molecule has 0 unspecified atom stereocenters. The van der Waals surface area contributed by atoms with Gasteiger partial charge in [0, 0.05) is 42.3 Å². The molecule has 12 nitrogen and oxygen atoms in total. The van der Waals surface area contributed by atoms with E-state index in [2.05, 4.69) is 9.97 Å². The molecule has 4 aromatic rings. The Kier molecular flexibility index (Phi) is 3.79. The van der Waals surface area contributed by atoms with E-state index in [1.54, 1.807) is 37.3 Å². The lowest BCUT2D eigenvalue weighted by atomic mass is 10.4. The molecule has 0 atom stereocenters. The minimum absolute atomic E-state index is 0.199. The van der Waals surface area contributed by atoms with Gasteiger partial charge in [0.2, 0.25) is 0 Å². The molecule has 0 N–H and O–H groups in total. The maximum absolute atomic E-state index is 12.5. The van der Waals surface area contributed by atoms with Gasteiger partial charge in [-0.3, -0.25) is 27.9 Å². The summed E-state index contributed by atoms with van der Waals surface area (Å²) >= 11 is 0. The van der Waals surface area contributed by atoms with Crippen molar-refractivity contribution in [1.29, 1.82) is 0 Å². The highest BCUT2D eigenvalue weighted by atomic mass is 16.2. The number of aryl methyl sites for hydroxylation is 4. The quantitative estimate of drug-likeness (QED) is 0.378. The van der Waals surface area contributed by atoms with Crippen LogP contribution >= 0.6 is 0 Å². The third kappa shape index (κ3) is 2.31. The van der Waals surface area contributed by atoms with Crippen molar-refractivity contribution < 1.29 is 0 Å². The van der Waals surface area contributed by atoms with Crippen LogP contribution in [0.4, 0.5) is 0 Å². The lowest BCUT2D eigenvalue weighted by Crippen LogP contribution is -2.37. The van der Waals surface area contributed by atoms with Crippen LogP contribution in [-0.4, -0.2) is 37.4 Å². The van der Waals surface area contributed by atoms with Gasteiger partial charge in [-0.1, -0.05) is 0 Å². The van der Waals surface area contributed by atoms with Crippen molar-refractivity contribution in [3.8, 4) is 0 Å². The monoisotopic (exact) mass is 400 g/mol. The fourth-order valence-electron chi connectivity index (χ4n) is 3.58. The van der Waals surface area contributed by atoms with Gasteiger partial charge in [0.25, 0.3) is 11.1 Å². The van der Waals surface area contributed by atoms with Gasteiger partial charge in [0.15, 0.2) is 22.3 Å². The summed E-state index contributed by atoms with van der Waals surface area (Å²) in [5.41, 5.74) is -0.660. The van der Waals surface area contributed by atoms with Crippen molar-refractivity contribution in [2.24, 2.45) is 42.3 Å². The molecule has 12 heteroatoms. The van der Waals surface area contributed by atoms with Crippen molar-refractivity contribution >= 4 is 22.3 Å². The summed E-state index contributed by atoms with van der Waals surface area (Å²) in [5.74, 6) is 0.997. The Morgan fingerprint density at radius 2 is 0.897 bits per heavy atom. The van der Waals surface area contributed by atoms with Crippen LogP contribution in [0.3, 0.4) is 0 Å². The van der Waals surface area contributed by atoms with Gasteiger partial charge >= 0.3 is 11.4 Å². The SMILES string of the molecule is Cn1c(=O)c2c(nc(Cc3nc4c(c(=O)n(C)c(=O)n4C)n3C)n2C)n(C)c1=O. The average molecular weight is 400 g/mol. The molecule has 0 aromatic carbocycles. The zero-order valence-electron chi connectivity index (χ0n) is 16.9. The molecular weight excluding hydrogens is 380 g/mol. The lowest BCUT2D eigenvalue weighted by Gasteiger charge is -2.04. The highest BCUT2D eigenvalue weighted by molar-refractivity contribution is 5.72. The van der Waals surface area contributed by atoms with Gasteiger partial charge in [0.05, 0.1) is 6.42 Å². The second kappa shape index (κ2) is 5.90. The Labute approximate surface area is 162 Å². The third-order valence-corrected chi connectivity index (χ3v) is 5.45. The van der Waals surface area contributed by atoms with Crippen molar-refractivity contribution in [1.82, 2.24) is 37.4 Å². The number of rotatable bonds is 2. The maximum atomic E-state index is 12.5. The average Bonchev–Trinajstić information content (AvgIpc) is 3.19. The molecule has 29 heavy (non-hydrogen) atoms. The number of hydrogen-bond donors (Lipinski definition) is 0. The summed E-state index contributed by atoms with van der Waals surface area (Å²) in [6.45, 7) is 0. The highest BCUT2D eigenvalue weighted by Crippen LogP contribution is 2.15. The lowest BCUT2D eigenvalue weighted by molar-refractivity contribution is 0.705. The van der Waals surface area contributed by atoms with Crippen molar-refractivity contribution in [3.63, 3.8) is 0 Å². The minimum Gasteiger partial charge on any atom is -0.325 e. The molecule has 152 valence electrons. The fraction of sp³-hybridized carbons (Fsp3) is 0.412. The summed E-state index contributed by atoms with van der Waals surface area (Å²) < 4.78 is 7.93. The van der Waals surface area contributed by atoms with E-state index >= 15 is 0 Å². The van der Waals surface area contributed by atoms with Crippen LogP contribution in [0.15, 0.2) is 19.2 Å². The fourth-order valence-corrected chi connectivity index (χ4v) is 3.58. The predicted octanol–water partition coefficient (Wildman–Crippen LogP) is -2.15. The topological polar surface area (TPSA) is 124 Å². The number of aromatic nitrogens is 8. The second-order valence-electron chi connectivity index (χ2n) is 7.11. The van der Waals surface area contributed by atoms with Gasteiger partial charge in [-0.05, 0) is 0 Å². The minimum atomic E-state index is -0.464. The van der Waals surface area contributed by atoms with Crippen molar-refractivity contribution in [2.45, 2.75) is 6.42 Å². The first-order valence-electron chi connectivity index (χ1n) is 8.78. The van der Waals surface area contributed by atoms with Gasteiger partial charge in [-0.25, -0.2) is 19.6 Å². The molecule has 0 saturated carbocycles. The second-order valence-corrected chi connectivity index (χ2v) is 7.11. The molecule has 4 aromatic heterocycles. The summed E-state index contributed by atoms with van der Waals surface area (Å²) in [7, 11) is 9.31. The van der Waals surface area contributed by atoms with Crippen LogP contribution in [0, 0.1) is 0 Å². The smallest absolute Gasteiger partial charge is 0.325 e. The Morgan fingerprint density at radius 1 is 0.552 bits per heavy atom. The number of fused-ring (bicyclic) bond motifs is 2. The van der Waals surface area contributed by atoms with Crippen LogP contribution in [0.5, 0.6) is 0 Å². The van der Waals surface area contributed by atoms with Crippen LogP contribution < -0.4 is 22.5 Å². The molecule has 0 aliphatic heterocycles. The molecule has 0 amide bonds. The largest absolute Gasteiger partial charge is 0.332 e. The van der Waals surface area contributed by atoms with Gasteiger partial charge in [-0.2, -0.15) is 0 Å². The Morgan fingerprint density at radius 3 is 1.24 bits per heavy atom. The molecule has 0 radical (unpaired) electrons. The Hall–Kier alpha value is -3.70. The number of nitrogens with zero attached hydrogens (tertiary/aromatic N) is 8. The van der Waals surface area contributed by atoms with E-state index in [-0.39, 0.29) is 17.7 Å². The van der Waals surface area contributed by atoms with Gasteiger partial charge in [0.1, 0.15) is 11.6 Å². The van der Waals surface area contributed by atoms with Crippen molar-refractivity contribution in [3.05, 3.63) is 53.3 Å². The van der Waals surface area contributed by atoms with E-state index < -0.39 is 22.5 Å². The van der Waals surface area contributed by atoms with E-state index in [1.165, 1.54) is 23.2 Å². The molecule has 0 aliphatic carbocycles. The molecule has 0 bridgehead atoms. The predicted molar refractivity (Wildman–Crippen MR) is 105 cm³/mol. The number of hydrogen-bond acceptors (Lipinski definition) is 6. The summed E-state index contributed by atoms with van der Waals surface area (Å²) in [4.78, 5) is 58.4. The molecule has 0 fully saturated rings. The zero-order chi connectivity index (χ0) is 21.4. The van der Waals surface area contributed by atoms with Crippen LogP contribution in [0.25, 0.3) is 22.3 Å². The first kappa shape index (κ1) is 18.7. The molecule has 0 spiro atoms. The van der Waals surface area contributed by atoms with E-state index in [9.17, 15) is 19.2 Å². The molecule has 0 saturated heterocycles. The first-order chi connectivity index (χ1) is 13.6. The molecule has 4 rings (SSSR count). The Balaban J connectivity index is 1.98. The summed E-state index contributed by atoms with van der Waals surface area (Å²) in [5, 5.41) is 0. The molecule has 4 heterocycles. The first-order valence-corrected chi connectivity index (χ1v) is 8.78. The van der Waals surface area contributed by atoms with E-state index in [0.29, 0.717) is 22.7 Å². The summed E-state index contributed by atoms with van der Waals surface area (Å²) in [6, 6.07) is 0. The molecular formula is C17H20N8O4. The van der Waals surface area contributed by atoms with Crippen LogP contribution in [0.1, 0.15) is 11.6 Å². The van der Waals surface area contributed by atoms with Gasteiger partial charge < -0.3 is 9.13 Å². The third-order valence-electron chi connectivity index (χ3n) is 5.45.